The van der Waals surface area contributed by atoms with E-state index in [4.69, 9.17) is 0 Å². The molecule has 124 valence electrons. The predicted molar refractivity (Wildman–Crippen MR) is 85.6 cm³/mol. The number of carbonyl (C=O) groups excluding carboxylic acids is 1. The molecule has 7 nitrogen and oxygen atoms in total. The molecule has 1 fully saturated rings. The topological polar surface area (TPSA) is 94.0 Å². The van der Waals surface area contributed by atoms with Crippen molar-refractivity contribution in [1.29, 1.82) is 0 Å². The summed E-state index contributed by atoms with van der Waals surface area (Å²) in [4.78, 5) is 11.8. The van der Waals surface area contributed by atoms with E-state index in [-0.39, 0.29) is 35.1 Å². The van der Waals surface area contributed by atoms with Crippen molar-refractivity contribution in [3.8, 4) is 0 Å². The van der Waals surface area contributed by atoms with Gasteiger partial charge in [0.05, 0.1) is 17.3 Å². The smallest absolute Gasteiger partial charge is 0.230 e. The Morgan fingerprint density at radius 3 is 2.82 bits per heavy atom. The van der Waals surface area contributed by atoms with Gasteiger partial charge in [-0.05, 0) is 19.8 Å². The van der Waals surface area contributed by atoms with Crippen molar-refractivity contribution in [3.63, 3.8) is 0 Å². The van der Waals surface area contributed by atoms with E-state index >= 15 is 0 Å². The first-order valence-electron chi connectivity index (χ1n) is 7.34. The van der Waals surface area contributed by atoms with Crippen molar-refractivity contribution in [2.45, 2.75) is 43.8 Å². The first-order chi connectivity index (χ1) is 10.3. The number of hydrogen-bond acceptors (Lipinski definition) is 6. The molecule has 0 radical (unpaired) electrons. The summed E-state index contributed by atoms with van der Waals surface area (Å²) in [5, 5.41) is 11.7. The van der Waals surface area contributed by atoms with Crippen molar-refractivity contribution in [2.75, 3.05) is 17.3 Å². The zero-order valence-electron chi connectivity index (χ0n) is 13.1. The van der Waals surface area contributed by atoms with Gasteiger partial charge in [-0.25, -0.2) is 8.42 Å². The fourth-order valence-electron chi connectivity index (χ4n) is 2.35. The Bertz CT molecular complexity index is 642. The molecule has 1 N–H and O–H groups in total. The fourth-order valence-corrected chi connectivity index (χ4v) is 4.82. The van der Waals surface area contributed by atoms with E-state index in [2.05, 4.69) is 15.5 Å². The van der Waals surface area contributed by atoms with Gasteiger partial charge in [0.15, 0.2) is 15.0 Å². The number of aromatic nitrogens is 3. The average molecular weight is 346 g/mol. The number of nitrogens with one attached hydrogen (secondary N) is 1. The molecule has 1 aromatic heterocycles. The van der Waals surface area contributed by atoms with Gasteiger partial charge in [0, 0.05) is 19.0 Å². The second kappa shape index (κ2) is 6.99. The maximum absolute atomic E-state index is 11.8. The maximum Gasteiger partial charge on any atom is 0.230 e. The number of amides is 1. The number of hydrogen-bond donors (Lipinski definition) is 1. The van der Waals surface area contributed by atoms with Crippen LogP contribution in [0, 0.1) is 0 Å². The van der Waals surface area contributed by atoms with Gasteiger partial charge in [0.1, 0.15) is 5.82 Å². The van der Waals surface area contributed by atoms with E-state index in [1.165, 1.54) is 11.8 Å². The van der Waals surface area contributed by atoms with Crippen LogP contribution in [0.5, 0.6) is 0 Å². The molecule has 0 aromatic carbocycles. The van der Waals surface area contributed by atoms with E-state index in [0.29, 0.717) is 17.4 Å². The summed E-state index contributed by atoms with van der Waals surface area (Å²) < 4.78 is 24.9. The number of sulfone groups is 1. The third kappa shape index (κ3) is 4.22. The lowest BCUT2D eigenvalue weighted by Crippen LogP contribution is -2.33. The lowest BCUT2D eigenvalue weighted by molar-refractivity contribution is -0.119. The van der Waals surface area contributed by atoms with E-state index in [9.17, 15) is 13.2 Å². The maximum atomic E-state index is 11.8. The Morgan fingerprint density at radius 2 is 2.23 bits per heavy atom. The number of carbonyl (C=O) groups is 1. The molecule has 2 rings (SSSR count). The molecule has 1 aromatic rings. The lowest BCUT2D eigenvalue weighted by Gasteiger charge is -2.11. The van der Waals surface area contributed by atoms with Crippen LogP contribution in [0.4, 0.5) is 0 Å². The SMILES string of the molecule is CC[C@H](C)NC(=O)CSc1nnc([C@@H]2CCS(=O)(=O)C2)n1C. The predicted octanol–water partition coefficient (Wildman–Crippen LogP) is 0.724. The molecule has 1 saturated heterocycles. The van der Waals surface area contributed by atoms with Gasteiger partial charge in [0.2, 0.25) is 5.91 Å². The summed E-state index contributed by atoms with van der Waals surface area (Å²) in [5.41, 5.74) is 0. The van der Waals surface area contributed by atoms with Gasteiger partial charge in [-0.2, -0.15) is 0 Å². The van der Waals surface area contributed by atoms with Crippen LogP contribution >= 0.6 is 11.8 Å². The van der Waals surface area contributed by atoms with E-state index < -0.39 is 9.84 Å². The quantitative estimate of drug-likeness (QED) is 0.763. The van der Waals surface area contributed by atoms with E-state index in [1.54, 1.807) is 4.57 Å². The third-order valence-electron chi connectivity index (χ3n) is 3.82. The second-order valence-corrected chi connectivity index (χ2v) is 8.84. The molecule has 0 bridgehead atoms. The number of rotatable bonds is 6. The number of nitrogens with zero attached hydrogens (tertiary/aromatic N) is 3. The molecular weight excluding hydrogens is 324 g/mol. The van der Waals surface area contributed by atoms with Crippen molar-refractivity contribution in [1.82, 2.24) is 20.1 Å². The molecule has 1 amide bonds. The first-order valence-corrected chi connectivity index (χ1v) is 10.1. The van der Waals surface area contributed by atoms with Crippen LogP contribution in [0.15, 0.2) is 5.16 Å². The molecule has 0 aliphatic carbocycles. The monoisotopic (exact) mass is 346 g/mol. The summed E-state index contributed by atoms with van der Waals surface area (Å²) >= 11 is 1.32. The van der Waals surface area contributed by atoms with E-state index in [0.717, 1.165) is 6.42 Å². The Balaban J connectivity index is 1.95. The molecule has 2 heterocycles. The summed E-state index contributed by atoms with van der Waals surface area (Å²) in [6.45, 7) is 3.98. The Morgan fingerprint density at radius 1 is 1.50 bits per heavy atom. The van der Waals surface area contributed by atoms with Crippen LogP contribution in [-0.4, -0.2) is 52.4 Å². The van der Waals surface area contributed by atoms with Gasteiger partial charge in [-0.1, -0.05) is 18.7 Å². The molecular formula is C13H22N4O3S2. The summed E-state index contributed by atoms with van der Waals surface area (Å²) in [6.07, 6.45) is 1.48. The van der Waals surface area contributed by atoms with E-state index in [1.807, 2.05) is 20.9 Å². The molecule has 9 heteroatoms. The zero-order chi connectivity index (χ0) is 16.3. The summed E-state index contributed by atoms with van der Waals surface area (Å²) in [5.74, 6) is 1.19. The third-order valence-corrected chi connectivity index (χ3v) is 6.61. The highest BCUT2D eigenvalue weighted by molar-refractivity contribution is 7.99. The van der Waals surface area contributed by atoms with Crippen LogP contribution in [-0.2, 0) is 21.7 Å². The van der Waals surface area contributed by atoms with Gasteiger partial charge in [0.25, 0.3) is 0 Å². The van der Waals surface area contributed by atoms with Gasteiger partial charge < -0.3 is 9.88 Å². The van der Waals surface area contributed by atoms with Gasteiger partial charge >= 0.3 is 0 Å². The largest absolute Gasteiger partial charge is 0.353 e. The van der Waals surface area contributed by atoms with Crippen molar-refractivity contribution < 1.29 is 13.2 Å². The lowest BCUT2D eigenvalue weighted by atomic mass is 10.1. The molecule has 0 unspecified atom stereocenters. The van der Waals surface area contributed by atoms with Crippen LogP contribution in [0.3, 0.4) is 0 Å². The fraction of sp³-hybridized carbons (Fsp3) is 0.769. The Kier molecular flexibility index (Phi) is 5.49. The molecule has 22 heavy (non-hydrogen) atoms. The summed E-state index contributed by atoms with van der Waals surface area (Å²) in [7, 11) is -1.13. The highest BCUT2D eigenvalue weighted by Gasteiger charge is 2.32. The average Bonchev–Trinajstić information content (AvgIpc) is 2.99. The van der Waals surface area contributed by atoms with Crippen LogP contribution in [0.1, 0.15) is 38.4 Å². The van der Waals surface area contributed by atoms with Crippen LogP contribution in [0.2, 0.25) is 0 Å². The molecule has 1 aliphatic heterocycles. The molecule has 2 atom stereocenters. The molecule has 0 saturated carbocycles. The molecule has 1 aliphatic rings. The van der Waals surface area contributed by atoms with Crippen LogP contribution < -0.4 is 5.32 Å². The minimum atomic E-state index is -2.95. The first kappa shape index (κ1) is 17.3. The Hall–Kier alpha value is -1.09. The highest BCUT2D eigenvalue weighted by atomic mass is 32.2. The minimum absolute atomic E-state index is 0.0349. The minimum Gasteiger partial charge on any atom is -0.353 e. The zero-order valence-corrected chi connectivity index (χ0v) is 14.7. The van der Waals surface area contributed by atoms with Gasteiger partial charge in [-0.3, -0.25) is 4.79 Å². The number of thioether (sulfide) groups is 1. The summed E-state index contributed by atoms with van der Waals surface area (Å²) in [6, 6.07) is 0.159. The second-order valence-electron chi connectivity index (χ2n) is 5.67. The molecule has 0 spiro atoms. The Labute approximate surface area is 135 Å². The van der Waals surface area contributed by atoms with Crippen molar-refractivity contribution in [3.05, 3.63) is 5.82 Å². The van der Waals surface area contributed by atoms with Crippen molar-refractivity contribution in [2.24, 2.45) is 7.05 Å². The van der Waals surface area contributed by atoms with Crippen LogP contribution in [0.25, 0.3) is 0 Å². The normalized spacial score (nSPS) is 21.7. The standard InChI is InChI=1S/C13H22N4O3S2/c1-4-9(2)14-11(18)7-21-13-16-15-12(17(13)3)10-5-6-22(19,20)8-10/h9-10H,4-8H2,1-3H3,(H,14,18)/t9-,10+/m0/s1. The van der Waals surface area contributed by atoms with Gasteiger partial charge in [-0.15, -0.1) is 10.2 Å². The highest BCUT2D eigenvalue weighted by Crippen LogP contribution is 2.29. The van der Waals surface area contributed by atoms with Crippen molar-refractivity contribution >= 4 is 27.5 Å².